The van der Waals surface area contributed by atoms with Gasteiger partial charge in [0.25, 0.3) is 0 Å². The average Bonchev–Trinajstić information content (AvgIpc) is 2.58. The quantitative estimate of drug-likeness (QED) is 0.418. The summed E-state index contributed by atoms with van der Waals surface area (Å²) in [5.41, 5.74) is 6.57. The number of rotatable bonds is 0. The van der Waals surface area contributed by atoms with E-state index in [0.29, 0.717) is 17.6 Å². The van der Waals surface area contributed by atoms with Gasteiger partial charge in [-0.25, -0.2) is 4.98 Å². The molecule has 0 radical (unpaired) electrons. The number of halogens is 2. The number of fused-ring (bicyclic) bond motifs is 1. The van der Waals surface area contributed by atoms with Crippen LogP contribution in [-0.4, -0.2) is 21.5 Å². The zero-order valence-corrected chi connectivity index (χ0v) is 9.02. The normalized spacial score (nSPS) is 10.1. The Morgan fingerprint density at radius 2 is 2.20 bits per heavy atom. The number of hydrogen-bond acceptors (Lipinski definition) is 3. The lowest BCUT2D eigenvalue weighted by Crippen LogP contribution is -1.93. The summed E-state index contributed by atoms with van der Waals surface area (Å²) in [5, 5.41) is 1.06. The molecule has 3 N–H and O–H groups in total. The van der Waals surface area contributed by atoms with Gasteiger partial charge in [-0.3, -0.25) is 0 Å². The predicted molar refractivity (Wildman–Crippen MR) is 59.8 cm³/mol. The first kappa shape index (κ1) is 10.2. The van der Waals surface area contributed by atoms with E-state index in [1.54, 1.807) is 6.20 Å². The van der Waals surface area contributed by atoms with Crippen LogP contribution in [0.2, 0.25) is 10.4 Å². The van der Waals surface area contributed by atoms with Gasteiger partial charge in [-0.05, 0) is 11.6 Å². The van der Waals surface area contributed by atoms with E-state index < -0.39 is 0 Å². The van der Waals surface area contributed by atoms with Crippen LogP contribution in [0.3, 0.4) is 0 Å². The fourth-order valence-corrected chi connectivity index (χ4v) is 1.69. The highest BCUT2D eigenvalue weighted by atomic mass is 35.5. The van der Waals surface area contributed by atoms with Crippen LogP contribution in [0.15, 0.2) is 6.20 Å². The summed E-state index contributed by atoms with van der Waals surface area (Å²) >= 11 is 11.6. The number of H-pyrrole nitrogens is 1. The lowest BCUT2D eigenvalue weighted by atomic mass is 10.2. The van der Waals surface area contributed by atoms with Gasteiger partial charge >= 0.3 is 0 Å². The van der Waals surface area contributed by atoms with Gasteiger partial charge < -0.3 is 10.7 Å². The molecular formula is C9H6Cl2N4. The third-order valence-electron chi connectivity index (χ3n) is 1.79. The first-order valence-electron chi connectivity index (χ1n) is 4.11. The predicted octanol–water partition coefficient (Wildman–Crippen LogP) is 1.57. The van der Waals surface area contributed by atoms with E-state index in [4.69, 9.17) is 28.9 Å². The summed E-state index contributed by atoms with van der Waals surface area (Å²) in [5.74, 6) is 5.61. The van der Waals surface area contributed by atoms with E-state index in [1.165, 1.54) is 0 Å². The summed E-state index contributed by atoms with van der Waals surface area (Å²) < 4.78 is 0. The Bertz CT molecular complexity index is 564. The van der Waals surface area contributed by atoms with Crippen molar-refractivity contribution < 1.29 is 0 Å². The molecule has 0 saturated carbocycles. The largest absolute Gasteiger partial charge is 0.345 e. The van der Waals surface area contributed by atoms with Crippen molar-refractivity contribution >= 4 is 34.2 Å². The molecule has 2 aromatic rings. The van der Waals surface area contributed by atoms with Crippen molar-refractivity contribution in [1.82, 2.24) is 15.0 Å². The third kappa shape index (κ3) is 1.90. The molecule has 0 aliphatic heterocycles. The van der Waals surface area contributed by atoms with Crippen LogP contribution >= 0.6 is 23.2 Å². The van der Waals surface area contributed by atoms with E-state index in [-0.39, 0.29) is 10.4 Å². The van der Waals surface area contributed by atoms with Crippen LogP contribution in [0.25, 0.3) is 11.0 Å². The summed E-state index contributed by atoms with van der Waals surface area (Å²) in [6, 6.07) is 0. The minimum atomic E-state index is 0.104. The molecule has 4 nitrogen and oxygen atoms in total. The van der Waals surface area contributed by atoms with Gasteiger partial charge in [-0.2, -0.15) is 4.98 Å². The lowest BCUT2D eigenvalue weighted by Gasteiger charge is -1.94. The first-order valence-corrected chi connectivity index (χ1v) is 4.87. The highest BCUT2D eigenvalue weighted by Crippen LogP contribution is 2.24. The Hall–Kier alpha value is -1.28. The zero-order valence-electron chi connectivity index (χ0n) is 7.51. The fourth-order valence-electron chi connectivity index (χ4n) is 1.21. The van der Waals surface area contributed by atoms with Crippen LogP contribution in [0.4, 0.5) is 0 Å². The van der Waals surface area contributed by atoms with Crippen LogP contribution in [0.5, 0.6) is 0 Å². The van der Waals surface area contributed by atoms with E-state index in [0.717, 1.165) is 5.56 Å². The fraction of sp³-hybridized carbons (Fsp3) is 0.111. The lowest BCUT2D eigenvalue weighted by molar-refractivity contribution is 1.20. The molecule has 0 saturated heterocycles. The van der Waals surface area contributed by atoms with E-state index in [2.05, 4.69) is 26.8 Å². The molecule has 0 aliphatic carbocycles. The Morgan fingerprint density at radius 1 is 1.40 bits per heavy atom. The second kappa shape index (κ2) is 4.07. The minimum absolute atomic E-state index is 0.104. The van der Waals surface area contributed by atoms with Gasteiger partial charge in [0, 0.05) is 6.20 Å². The smallest absolute Gasteiger partial charge is 0.225 e. The zero-order chi connectivity index (χ0) is 10.8. The average molecular weight is 241 g/mol. The standard InChI is InChI=1S/C9H6Cl2N4/c10-7-6-5(2-1-3-12)4-13-8(6)15-9(11)14-7/h4H,3,12H2,(H,13,14,15). The van der Waals surface area contributed by atoms with Crippen molar-refractivity contribution in [2.75, 3.05) is 6.54 Å². The van der Waals surface area contributed by atoms with Crippen LogP contribution in [0, 0.1) is 11.8 Å². The van der Waals surface area contributed by atoms with Gasteiger partial charge in [-0.1, -0.05) is 23.4 Å². The summed E-state index contributed by atoms with van der Waals surface area (Å²) in [6.45, 7) is 0.290. The molecular weight excluding hydrogens is 235 g/mol. The third-order valence-corrected chi connectivity index (χ3v) is 2.23. The van der Waals surface area contributed by atoms with E-state index >= 15 is 0 Å². The molecule has 2 rings (SSSR count). The Labute approximate surface area is 95.8 Å². The van der Waals surface area contributed by atoms with Crippen LogP contribution < -0.4 is 5.73 Å². The van der Waals surface area contributed by atoms with Crippen molar-refractivity contribution in [1.29, 1.82) is 0 Å². The second-order valence-corrected chi connectivity index (χ2v) is 3.41. The maximum atomic E-state index is 5.93. The molecule has 0 atom stereocenters. The highest BCUT2D eigenvalue weighted by molar-refractivity contribution is 6.36. The molecule has 0 amide bonds. The van der Waals surface area contributed by atoms with Crippen molar-refractivity contribution in [2.45, 2.75) is 0 Å². The number of aromatic nitrogens is 3. The Kier molecular flexibility index (Phi) is 2.78. The first-order chi connectivity index (χ1) is 7.22. The summed E-state index contributed by atoms with van der Waals surface area (Å²) in [4.78, 5) is 10.7. The van der Waals surface area contributed by atoms with Crippen molar-refractivity contribution in [2.24, 2.45) is 5.73 Å². The maximum absolute atomic E-state index is 5.93. The SMILES string of the molecule is NCC#Cc1c[nH]c2nc(Cl)nc(Cl)c12. The van der Waals surface area contributed by atoms with Gasteiger partial charge in [0.15, 0.2) is 0 Å². The molecule has 15 heavy (non-hydrogen) atoms. The van der Waals surface area contributed by atoms with Crippen molar-refractivity contribution in [3.63, 3.8) is 0 Å². The van der Waals surface area contributed by atoms with E-state index in [1.807, 2.05) is 0 Å². The molecule has 6 heteroatoms. The molecule has 0 fully saturated rings. The monoisotopic (exact) mass is 240 g/mol. The number of nitrogens with one attached hydrogen (secondary N) is 1. The molecule has 0 spiro atoms. The second-order valence-electron chi connectivity index (χ2n) is 2.72. The molecule has 2 heterocycles. The maximum Gasteiger partial charge on any atom is 0.225 e. The van der Waals surface area contributed by atoms with Gasteiger partial charge in [0.2, 0.25) is 5.28 Å². The molecule has 76 valence electrons. The van der Waals surface area contributed by atoms with Gasteiger partial charge in [0.1, 0.15) is 10.8 Å². The summed E-state index contributed by atoms with van der Waals surface area (Å²) in [7, 11) is 0. The highest BCUT2D eigenvalue weighted by Gasteiger charge is 2.09. The van der Waals surface area contributed by atoms with Crippen molar-refractivity contribution in [3.8, 4) is 11.8 Å². The molecule has 0 aliphatic rings. The molecule has 2 aromatic heterocycles. The molecule has 0 aromatic carbocycles. The van der Waals surface area contributed by atoms with Crippen molar-refractivity contribution in [3.05, 3.63) is 22.2 Å². The molecule has 0 bridgehead atoms. The Balaban J connectivity index is 2.69. The van der Waals surface area contributed by atoms with Gasteiger partial charge in [-0.15, -0.1) is 0 Å². The Morgan fingerprint density at radius 3 is 2.93 bits per heavy atom. The number of nitrogens with zero attached hydrogens (tertiary/aromatic N) is 2. The summed E-state index contributed by atoms with van der Waals surface area (Å²) in [6.07, 6.45) is 1.70. The van der Waals surface area contributed by atoms with Crippen LogP contribution in [0.1, 0.15) is 5.56 Å². The van der Waals surface area contributed by atoms with Crippen LogP contribution in [-0.2, 0) is 0 Å². The number of aromatic amines is 1. The number of nitrogens with two attached hydrogens (primary N) is 1. The number of hydrogen-bond donors (Lipinski definition) is 2. The topological polar surface area (TPSA) is 67.6 Å². The van der Waals surface area contributed by atoms with E-state index in [9.17, 15) is 0 Å². The van der Waals surface area contributed by atoms with Gasteiger partial charge in [0.05, 0.1) is 17.5 Å². The molecule has 0 unspecified atom stereocenters. The minimum Gasteiger partial charge on any atom is -0.345 e.